The highest BCUT2D eigenvalue weighted by Crippen LogP contribution is 2.30. The molecule has 2 fully saturated rings. The Hall–Kier alpha value is -3.78. The number of cyclic esters (lactones) is 1. The lowest BCUT2D eigenvalue weighted by atomic mass is 9.96. The minimum absolute atomic E-state index is 0.0980. The molecule has 0 saturated carbocycles. The third-order valence-corrected chi connectivity index (χ3v) is 6.50. The maximum absolute atomic E-state index is 13.6. The van der Waals surface area contributed by atoms with E-state index >= 15 is 0 Å². The second-order valence-electron chi connectivity index (χ2n) is 8.65. The first kappa shape index (κ1) is 23.0. The predicted octanol–water partition coefficient (Wildman–Crippen LogP) is 4.47. The standard InChI is InChI=1S/C27H25F2N3O3/c28-22-8-4-19(5-9-22)25(20-6-10-23(29)11-7-20)30-12-14-31(15-13-30)26(33)21-2-1-3-24(18-21)32-16-17-35-27(32)34/h1-11,18,25H,12-17H2. The second-order valence-corrected chi connectivity index (χ2v) is 8.65. The van der Waals surface area contributed by atoms with Crippen molar-refractivity contribution < 1.29 is 23.1 Å². The van der Waals surface area contributed by atoms with Gasteiger partial charge in [-0.1, -0.05) is 30.3 Å². The summed E-state index contributed by atoms with van der Waals surface area (Å²) in [4.78, 5) is 30.7. The van der Waals surface area contributed by atoms with Gasteiger partial charge in [-0.2, -0.15) is 0 Å². The SMILES string of the molecule is O=C(c1cccc(N2CCOC2=O)c1)N1CCN(C(c2ccc(F)cc2)c2ccc(F)cc2)CC1. The first-order chi connectivity index (χ1) is 17.0. The van der Waals surface area contributed by atoms with Crippen LogP contribution in [0.2, 0.25) is 0 Å². The monoisotopic (exact) mass is 477 g/mol. The lowest BCUT2D eigenvalue weighted by Crippen LogP contribution is -2.49. The van der Waals surface area contributed by atoms with Crippen molar-refractivity contribution in [3.63, 3.8) is 0 Å². The van der Waals surface area contributed by atoms with E-state index in [2.05, 4.69) is 4.90 Å². The highest BCUT2D eigenvalue weighted by atomic mass is 19.1. The summed E-state index contributed by atoms with van der Waals surface area (Å²) in [6.45, 7) is 3.01. The molecular formula is C27H25F2N3O3. The molecule has 6 nitrogen and oxygen atoms in total. The number of benzene rings is 3. The van der Waals surface area contributed by atoms with E-state index in [1.165, 1.54) is 29.2 Å². The Morgan fingerprint density at radius 3 is 1.94 bits per heavy atom. The van der Waals surface area contributed by atoms with Gasteiger partial charge in [0.2, 0.25) is 0 Å². The number of amides is 2. The Kier molecular flexibility index (Phi) is 6.46. The van der Waals surface area contributed by atoms with Gasteiger partial charge >= 0.3 is 6.09 Å². The molecule has 3 aromatic rings. The van der Waals surface area contributed by atoms with E-state index in [1.54, 1.807) is 53.4 Å². The Morgan fingerprint density at radius 2 is 1.40 bits per heavy atom. The summed E-state index contributed by atoms with van der Waals surface area (Å²) in [5.41, 5.74) is 2.97. The maximum atomic E-state index is 13.6. The van der Waals surface area contributed by atoms with Crippen LogP contribution in [0.5, 0.6) is 0 Å². The average Bonchev–Trinajstić information content (AvgIpc) is 3.32. The van der Waals surface area contributed by atoms with Crippen LogP contribution in [0.15, 0.2) is 72.8 Å². The van der Waals surface area contributed by atoms with Gasteiger partial charge in [0, 0.05) is 37.4 Å². The van der Waals surface area contributed by atoms with E-state index < -0.39 is 6.09 Å². The van der Waals surface area contributed by atoms with Crippen molar-refractivity contribution in [2.45, 2.75) is 6.04 Å². The van der Waals surface area contributed by atoms with Gasteiger partial charge in [-0.05, 0) is 53.6 Å². The summed E-state index contributed by atoms with van der Waals surface area (Å²) >= 11 is 0. The van der Waals surface area contributed by atoms with Gasteiger partial charge in [0.1, 0.15) is 18.2 Å². The average molecular weight is 478 g/mol. The van der Waals surface area contributed by atoms with Crippen molar-refractivity contribution in [3.8, 4) is 0 Å². The number of hydrogen-bond donors (Lipinski definition) is 0. The van der Waals surface area contributed by atoms with E-state index in [0.29, 0.717) is 50.6 Å². The fraction of sp³-hybridized carbons (Fsp3) is 0.259. The smallest absolute Gasteiger partial charge is 0.414 e. The number of piperazine rings is 1. The first-order valence-corrected chi connectivity index (χ1v) is 11.6. The molecule has 180 valence electrons. The highest BCUT2D eigenvalue weighted by Gasteiger charge is 2.30. The number of hydrogen-bond acceptors (Lipinski definition) is 4. The molecule has 3 aromatic carbocycles. The van der Waals surface area contributed by atoms with Crippen molar-refractivity contribution in [2.24, 2.45) is 0 Å². The van der Waals surface area contributed by atoms with Crippen LogP contribution < -0.4 is 4.90 Å². The van der Waals surface area contributed by atoms with Gasteiger partial charge in [-0.25, -0.2) is 13.6 Å². The van der Waals surface area contributed by atoms with E-state index in [-0.39, 0.29) is 23.6 Å². The lowest BCUT2D eigenvalue weighted by molar-refractivity contribution is 0.0597. The predicted molar refractivity (Wildman–Crippen MR) is 127 cm³/mol. The summed E-state index contributed by atoms with van der Waals surface area (Å²) in [6, 6.07) is 19.5. The number of carbonyl (C=O) groups is 2. The van der Waals surface area contributed by atoms with Crippen molar-refractivity contribution in [1.29, 1.82) is 0 Å². The van der Waals surface area contributed by atoms with Crippen molar-refractivity contribution >= 4 is 17.7 Å². The molecule has 0 aliphatic carbocycles. The maximum Gasteiger partial charge on any atom is 0.414 e. The number of carbonyl (C=O) groups excluding carboxylic acids is 2. The molecule has 0 unspecified atom stereocenters. The zero-order valence-electron chi connectivity index (χ0n) is 19.1. The Morgan fingerprint density at radius 1 is 0.800 bits per heavy atom. The quantitative estimate of drug-likeness (QED) is 0.544. The summed E-state index contributed by atoms with van der Waals surface area (Å²) in [5.74, 6) is -0.725. The zero-order chi connectivity index (χ0) is 24.4. The van der Waals surface area contributed by atoms with Crippen LogP contribution in [0.3, 0.4) is 0 Å². The molecule has 2 aliphatic rings. The third kappa shape index (κ3) is 4.88. The van der Waals surface area contributed by atoms with Gasteiger partial charge in [-0.15, -0.1) is 0 Å². The molecule has 2 heterocycles. The first-order valence-electron chi connectivity index (χ1n) is 11.6. The van der Waals surface area contributed by atoms with Crippen LogP contribution in [-0.2, 0) is 4.74 Å². The molecule has 2 amide bonds. The van der Waals surface area contributed by atoms with Crippen LogP contribution in [0, 0.1) is 11.6 Å². The number of rotatable bonds is 5. The third-order valence-electron chi connectivity index (χ3n) is 6.50. The molecule has 0 radical (unpaired) electrons. The molecule has 2 saturated heterocycles. The van der Waals surface area contributed by atoms with Crippen molar-refractivity contribution in [3.05, 3.63) is 101 Å². The Labute approximate surface area is 202 Å². The lowest BCUT2D eigenvalue weighted by Gasteiger charge is -2.40. The van der Waals surface area contributed by atoms with E-state index in [1.807, 2.05) is 0 Å². The second kappa shape index (κ2) is 9.84. The van der Waals surface area contributed by atoms with E-state index in [0.717, 1.165) is 11.1 Å². The van der Waals surface area contributed by atoms with Crippen LogP contribution in [0.4, 0.5) is 19.3 Å². The molecule has 5 rings (SSSR count). The molecule has 0 spiro atoms. The number of ether oxygens (including phenoxy) is 1. The van der Waals surface area contributed by atoms with E-state index in [4.69, 9.17) is 4.74 Å². The molecule has 0 atom stereocenters. The number of halogens is 2. The summed E-state index contributed by atoms with van der Waals surface area (Å²) < 4.78 is 32.1. The minimum Gasteiger partial charge on any atom is -0.447 e. The fourth-order valence-electron chi connectivity index (χ4n) is 4.70. The molecular weight excluding hydrogens is 452 g/mol. The minimum atomic E-state index is -0.407. The molecule has 0 N–H and O–H groups in total. The van der Waals surface area contributed by atoms with Gasteiger partial charge in [0.25, 0.3) is 5.91 Å². The topological polar surface area (TPSA) is 53.1 Å². The number of anilines is 1. The molecule has 2 aliphatic heterocycles. The zero-order valence-corrected chi connectivity index (χ0v) is 19.1. The largest absolute Gasteiger partial charge is 0.447 e. The van der Waals surface area contributed by atoms with Crippen molar-refractivity contribution in [1.82, 2.24) is 9.80 Å². The van der Waals surface area contributed by atoms with Crippen LogP contribution in [0.1, 0.15) is 27.5 Å². The Bertz CT molecular complexity index is 1160. The van der Waals surface area contributed by atoms with Gasteiger partial charge in [0.15, 0.2) is 0 Å². The molecule has 8 heteroatoms. The van der Waals surface area contributed by atoms with Crippen molar-refractivity contribution in [2.75, 3.05) is 44.2 Å². The van der Waals surface area contributed by atoms with Crippen LogP contribution in [-0.4, -0.2) is 61.1 Å². The normalized spacial score (nSPS) is 16.6. The fourth-order valence-corrected chi connectivity index (χ4v) is 4.70. The van der Waals surface area contributed by atoms with E-state index in [9.17, 15) is 18.4 Å². The molecule has 0 bridgehead atoms. The van der Waals surface area contributed by atoms with Gasteiger partial charge in [-0.3, -0.25) is 14.6 Å². The Balaban J connectivity index is 1.31. The summed E-state index contributed by atoms with van der Waals surface area (Å²) in [6.07, 6.45) is -0.407. The summed E-state index contributed by atoms with van der Waals surface area (Å²) in [7, 11) is 0. The highest BCUT2D eigenvalue weighted by molar-refractivity contribution is 5.97. The van der Waals surface area contributed by atoms with Gasteiger partial charge in [0.05, 0.1) is 12.6 Å². The van der Waals surface area contributed by atoms with Crippen LogP contribution in [0.25, 0.3) is 0 Å². The number of nitrogens with zero attached hydrogens (tertiary/aromatic N) is 3. The van der Waals surface area contributed by atoms with Gasteiger partial charge < -0.3 is 9.64 Å². The van der Waals surface area contributed by atoms with Crippen LogP contribution >= 0.6 is 0 Å². The molecule has 35 heavy (non-hydrogen) atoms. The molecule has 0 aromatic heterocycles. The summed E-state index contributed by atoms with van der Waals surface area (Å²) in [5, 5.41) is 0.